The third-order valence-corrected chi connectivity index (χ3v) is 4.98. The summed E-state index contributed by atoms with van der Waals surface area (Å²) in [5.41, 5.74) is 3.56. The first-order valence-corrected chi connectivity index (χ1v) is 10.5. The molecule has 0 aliphatic carbocycles. The Balaban J connectivity index is 1.73. The Morgan fingerprint density at radius 2 is 1.68 bits per heavy atom. The summed E-state index contributed by atoms with van der Waals surface area (Å²) in [6.45, 7) is 1.93. The van der Waals surface area contributed by atoms with Gasteiger partial charge in [-0.1, -0.05) is 30.3 Å². The molecule has 0 atom stereocenters. The van der Waals surface area contributed by atoms with Crippen LogP contribution in [0.2, 0.25) is 0 Å². The number of carbonyl (C=O) groups excluding carboxylic acids is 3. The first-order chi connectivity index (χ1) is 16.5. The molecule has 0 radical (unpaired) electrons. The summed E-state index contributed by atoms with van der Waals surface area (Å²) >= 11 is 0. The van der Waals surface area contributed by atoms with Crippen LogP contribution >= 0.6 is 0 Å². The van der Waals surface area contributed by atoms with Gasteiger partial charge < -0.3 is 19.8 Å². The predicted octanol–water partition coefficient (Wildman–Crippen LogP) is 4.84. The van der Waals surface area contributed by atoms with Crippen LogP contribution in [0.3, 0.4) is 0 Å². The number of ether oxygens (including phenoxy) is 2. The van der Waals surface area contributed by atoms with Crippen LogP contribution in [0.4, 0.5) is 16.2 Å². The van der Waals surface area contributed by atoms with Gasteiger partial charge in [0.1, 0.15) is 5.82 Å². The number of fused-ring (bicyclic) bond motifs is 1. The highest BCUT2D eigenvalue weighted by Crippen LogP contribution is 2.30. The van der Waals surface area contributed by atoms with Crippen LogP contribution in [0.5, 0.6) is 0 Å². The molecule has 0 bridgehead atoms. The molecule has 172 valence electrons. The molecule has 9 nitrogen and oxygen atoms in total. The average molecular weight is 458 g/mol. The first kappa shape index (κ1) is 22.5. The molecule has 4 rings (SSSR count). The van der Waals surface area contributed by atoms with Crippen molar-refractivity contribution in [1.29, 1.82) is 0 Å². The van der Waals surface area contributed by atoms with E-state index in [1.165, 1.54) is 7.11 Å². The molecule has 0 saturated carbocycles. The average Bonchev–Trinajstić information content (AvgIpc) is 3.29. The monoisotopic (exact) mass is 458 g/mol. The number of nitrogens with zero attached hydrogens (tertiary/aromatic N) is 1. The molecule has 0 saturated heterocycles. The highest BCUT2D eigenvalue weighted by molar-refractivity contribution is 6.09. The Bertz CT molecular complexity index is 1350. The lowest BCUT2D eigenvalue weighted by atomic mass is 10.1. The van der Waals surface area contributed by atoms with Gasteiger partial charge in [0.05, 0.1) is 36.0 Å². The van der Waals surface area contributed by atoms with Gasteiger partial charge >= 0.3 is 12.1 Å². The number of benzene rings is 3. The number of carbonyl (C=O) groups is 3. The summed E-state index contributed by atoms with van der Waals surface area (Å²) in [4.78, 5) is 44.3. The molecule has 1 heterocycles. The van der Waals surface area contributed by atoms with Crippen LogP contribution in [0.1, 0.15) is 27.6 Å². The van der Waals surface area contributed by atoms with Crippen molar-refractivity contribution in [2.75, 3.05) is 24.4 Å². The quantitative estimate of drug-likeness (QED) is 0.356. The third kappa shape index (κ3) is 4.88. The van der Waals surface area contributed by atoms with E-state index in [0.717, 1.165) is 5.56 Å². The third-order valence-electron chi connectivity index (χ3n) is 4.98. The molecule has 0 fully saturated rings. The molecule has 0 aliphatic rings. The zero-order valence-electron chi connectivity index (χ0n) is 18.5. The van der Waals surface area contributed by atoms with E-state index < -0.39 is 12.1 Å². The fourth-order valence-electron chi connectivity index (χ4n) is 3.37. The second-order valence-corrected chi connectivity index (χ2v) is 7.24. The molecular formula is C25H22N4O5. The van der Waals surface area contributed by atoms with E-state index in [1.807, 2.05) is 6.07 Å². The van der Waals surface area contributed by atoms with E-state index in [9.17, 15) is 14.4 Å². The van der Waals surface area contributed by atoms with Gasteiger partial charge in [-0.3, -0.25) is 10.1 Å². The number of amides is 2. The number of esters is 1. The van der Waals surface area contributed by atoms with E-state index in [2.05, 4.69) is 20.6 Å². The van der Waals surface area contributed by atoms with Crippen molar-refractivity contribution in [3.05, 3.63) is 77.9 Å². The minimum absolute atomic E-state index is 0.222. The van der Waals surface area contributed by atoms with Crippen molar-refractivity contribution in [3.8, 4) is 11.4 Å². The van der Waals surface area contributed by atoms with Gasteiger partial charge in [-0.2, -0.15) is 0 Å². The van der Waals surface area contributed by atoms with Crippen molar-refractivity contribution in [2.45, 2.75) is 6.92 Å². The Morgan fingerprint density at radius 3 is 2.35 bits per heavy atom. The number of anilines is 2. The molecule has 3 N–H and O–H groups in total. The van der Waals surface area contributed by atoms with Crippen molar-refractivity contribution in [1.82, 2.24) is 9.97 Å². The number of methoxy groups -OCH3 is 1. The summed E-state index contributed by atoms with van der Waals surface area (Å²) < 4.78 is 9.69. The maximum Gasteiger partial charge on any atom is 0.411 e. The number of rotatable bonds is 6. The predicted molar refractivity (Wildman–Crippen MR) is 128 cm³/mol. The molecule has 1 aromatic heterocycles. The summed E-state index contributed by atoms with van der Waals surface area (Å²) in [5.74, 6) is -0.222. The summed E-state index contributed by atoms with van der Waals surface area (Å²) in [7, 11) is 1.32. The molecule has 3 aromatic carbocycles. The minimum Gasteiger partial charge on any atom is -0.465 e. The van der Waals surface area contributed by atoms with Crippen LogP contribution in [-0.2, 0) is 9.47 Å². The SMILES string of the molecule is CCOC(=O)Nc1cc(NC(=O)c2ccccc2)c2[nH]c(-c3ccc(C(=O)OC)cc3)nc2c1. The van der Waals surface area contributed by atoms with E-state index in [-0.39, 0.29) is 12.5 Å². The smallest absolute Gasteiger partial charge is 0.411 e. The van der Waals surface area contributed by atoms with Crippen LogP contribution in [0.25, 0.3) is 22.4 Å². The van der Waals surface area contributed by atoms with Gasteiger partial charge in [0, 0.05) is 16.8 Å². The molecule has 34 heavy (non-hydrogen) atoms. The van der Waals surface area contributed by atoms with Crippen LogP contribution in [0.15, 0.2) is 66.7 Å². The molecule has 0 aliphatic heterocycles. The highest BCUT2D eigenvalue weighted by atomic mass is 16.5. The lowest BCUT2D eigenvalue weighted by molar-refractivity contribution is 0.0600. The molecule has 4 aromatic rings. The highest BCUT2D eigenvalue weighted by Gasteiger charge is 2.16. The molecular weight excluding hydrogens is 436 g/mol. The number of aromatic nitrogens is 2. The summed E-state index contributed by atoms with van der Waals surface area (Å²) in [6, 6.07) is 18.8. The van der Waals surface area contributed by atoms with Gasteiger partial charge in [0.2, 0.25) is 0 Å². The first-order valence-electron chi connectivity index (χ1n) is 10.5. The standard InChI is InChI=1S/C25H22N4O5/c1-3-34-25(32)26-18-13-19-21(20(14-18)28-23(30)16-7-5-4-6-8-16)29-22(27-19)15-9-11-17(12-10-15)24(31)33-2/h4-14H,3H2,1-2H3,(H,26,32)(H,27,29)(H,28,30). The maximum atomic E-state index is 12.8. The fraction of sp³-hybridized carbons (Fsp3) is 0.120. The van der Waals surface area contributed by atoms with Crippen molar-refractivity contribution in [3.63, 3.8) is 0 Å². The van der Waals surface area contributed by atoms with Gasteiger partial charge in [-0.25, -0.2) is 14.6 Å². The lowest BCUT2D eigenvalue weighted by Crippen LogP contribution is -2.15. The van der Waals surface area contributed by atoms with Gasteiger partial charge in [0.15, 0.2) is 0 Å². The summed E-state index contributed by atoms with van der Waals surface area (Å²) in [5, 5.41) is 5.53. The molecule has 9 heteroatoms. The van der Waals surface area contributed by atoms with Crippen LogP contribution in [-0.4, -0.2) is 41.7 Å². The number of imidazole rings is 1. The number of aromatic amines is 1. The second kappa shape index (κ2) is 9.86. The molecule has 0 spiro atoms. The normalized spacial score (nSPS) is 10.5. The topological polar surface area (TPSA) is 122 Å². The van der Waals surface area contributed by atoms with Gasteiger partial charge in [0.25, 0.3) is 5.91 Å². The Labute approximate surface area is 195 Å². The number of H-pyrrole nitrogens is 1. The number of hydrogen-bond donors (Lipinski definition) is 3. The number of nitrogens with one attached hydrogen (secondary N) is 3. The van der Waals surface area contributed by atoms with E-state index >= 15 is 0 Å². The van der Waals surface area contributed by atoms with Crippen molar-refractivity contribution < 1.29 is 23.9 Å². The van der Waals surface area contributed by atoms with Crippen molar-refractivity contribution in [2.24, 2.45) is 0 Å². The fourth-order valence-corrected chi connectivity index (χ4v) is 3.37. The second-order valence-electron chi connectivity index (χ2n) is 7.24. The van der Waals surface area contributed by atoms with E-state index in [4.69, 9.17) is 9.47 Å². The Morgan fingerprint density at radius 1 is 0.941 bits per heavy atom. The largest absolute Gasteiger partial charge is 0.465 e. The Kier molecular flexibility index (Phi) is 6.54. The lowest BCUT2D eigenvalue weighted by Gasteiger charge is -2.10. The van der Waals surface area contributed by atoms with Gasteiger partial charge in [-0.05, 0) is 43.3 Å². The zero-order valence-corrected chi connectivity index (χ0v) is 18.5. The van der Waals surface area contributed by atoms with E-state index in [0.29, 0.717) is 39.4 Å². The Hall–Kier alpha value is -4.66. The van der Waals surface area contributed by atoms with Crippen molar-refractivity contribution >= 4 is 40.4 Å². The zero-order chi connectivity index (χ0) is 24.1. The molecule has 0 unspecified atom stereocenters. The number of hydrogen-bond acceptors (Lipinski definition) is 6. The van der Waals surface area contributed by atoms with Crippen LogP contribution < -0.4 is 10.6 Å². The van der Waals surface area contributed by atoms with Crippen LogP contribution in [0, 0.1) is 0 Å². The maximum absolute atomic E-state index is 12.8. The van der Waals surface area contributed by atoms with Gasteiger partial charge in [-0.15, -0.1) is 0 Å². The minimum atomic E-state index is -0.614. The summed E-state index contributed by atoms with van der Waals surface area (Å²) in [6.07, 6.45) is -0.614. The molecule has 2 amide bonds. The van der Waals surface area contributed by atoms with E-state index in [1.54, 1.807) is 67.6 Å².